The summed E-state index contributed by atoms with van der Waals surface area (Å²) in [7, 11) is 1.56. The molecular formula is C17H19F3N4O2. The smallest absolute Gasteiger partial charge is 0.405 e. The number of aromatic nitrogens is 2. The van der Waals surface area contributed by atoms with Gasteiger partial charge in [-0.05, 0) is 44.2 Å². The van der Waals surface area contributed by atoms with Crippen molar-refractivity contribution in [2.24, 2.45) is 0 Å². The number of methoxy groups -OCH3 is 1. The number of anilines is 1. The van der Waals surface area contributed by atoms with Gasteiger partial charge >= 0.3 is 6.18 Å². The van der Waals surface area contributed by atoms with Crippen LogP contribution in [0.15, 0.2) is 36.5 Å². The minimum Gasteiger partial charge on any atom is -0.497 e. The van der Waals surface area contributed by atoms with Crippen LogP contribution in [0.25, 0.3) is 11.4 Å². The summed E-state index contributed by atoms with van der Waals surface area (Å²) in [5.74, 6) is 0.618. The van der Waals surface area contributed by atoms with E-state index in [-0.39, 0.29) is 0 Å². The normalized spacial score (nSPS) is 11.8. The monoisotopic (exact) mass is 368 g/mol. The number of rotatable bonds is 6. The van der Waals surface area contributed by atoms with Crippen LogP contribution in [0.5, 0.6) is 5.75 Å². The highest BCUT2D eigenvalue weighted by Crippen LogP contribution is 2.21. The zero-order valence-electron chi connectivity index (χ0n) is 14.5. The maximum Gasteiger partial charge on any atom is 0.405 e. The number of nitrogens with one attached hydrogen (secondary N) is 2. The van der Waals surface area contributed by atoms with Gasteiger partial charge in [-0.2, -0.15) is 13.2 Å². The Labute approximate surface area is 148 Å². The predicted molar refractivity (Wildman–Crippen MR) is 90.8 cm³/mol. The average molecular weight is 368 g/mol. The summed E-state index contributed by atoms with van der Waals surface area (Å²) >= 11 is 0. The second kappa shape index (κ2) is 7.59. The number of nitrogens with zero attached hydrogens (tertiary/aromatic N) is 2. The third-order valence-corrected chi connectivity index (χ3v) is 3.46. The number of alkyl halides is 3. The summed E-state index contributed by atoms with van der Waals surface area (Å²) in [5.41, 5.74) is -0.565. The van der Waals surface area contributed by atoms with E-state index >= 15 is 0 Å². The molecular weight excluding hydrogens is 349 g/mol. The van der Waals surface area contributed by atoms with Gasteiger partial charge in [-0.3, -0.25) is 4.79 Å². The number of hydrogen-bond acceptors (Lipinski definition) is 5. The number of ether oxygens (including phenoxy) is 1. The number of carbonyl (C=O) groups excluding carboxylic acids is 1. The molecule has 0 spiro atoms. The Hall–Kier alpha value is -2.84. The van der Waals surface area contributed by atoms with E-state index in [1.165, 1.54) is 26.1 Å². The zero-order valence-corrected chi connectivity index (χ0v) is 14.5. The molecule has 140 valence electrons. The molecule has 0 saturated heterocycles. The van der Waals surface area contributed by atoms with Crippen molar-refractivity contribution in [2.45, 2.75) is 25.6 Å². The third kappa shape index (κ3) is 5.33. The lowest BCUT2D eigenvalue weighted by Crippen LogP contribution is -2.50. The molecule has 2 aromatic rings. The Morgan fingerprint density at radius 1 is 1.15 bits per heavy atom. The summed E-state index contributed by atoms with van der Waals surface area (Å²) in [5, 5.41) is 4.69. The van der Waals surface area contributed by atoms with Crippen LogP contribution in [0, 0.1) is 0 Å². The van der Waals surface area contributed by atoms with E-state index in [0.29, 0.717) is 17.4 Å². The summed E-state index contributed by atoms with van der Waals surface area (Å²) in [6.45, 7) is 1.54. The van der Waals surface area contributed by atoms with Crippen molar-refractivity contribution >= 4 is 11.7 Å². The van der Waals surface area contributed by atoms with Gasteiger partial charge in [0.2, 0.25) is 5.91 Å². The maximum atomic E-state index is 12.3. The first kappa shape index (κ1) is 19.5. The van der Waals surface area contributed by atoms with Crippen molar-refractivity contribution in [2.75, 3.05) is 19.0 Å². The van der Waals surface area contributed by atoms with E-state index in [0.717, 1.165) is 5.56 Å². The van der Waals surface area contributed by atoms with Crippen molar-refractivity contribution in [1.82, 2.24) is 15.3 Å². The Kier molecular flexibility index (Phi) is 5.69. The van der Waals surface area contributed by atoms with E-state index in [4.69, 9.17) is 4.74 Å². The van der Waals surface area contributed by atoms with Gasteiger partial charge in [0.05, 0.1) is 7.11 Å². The van der Waals surface area contributed by atoms with Crippen LogP contribution in [-0.2, 0) is 4.79 Å². The molecule has 0 bridgehead atoms. The van der Waals surface area contributed by atoms with E-state index in [9.17, 15) is 18.0 Å². The van der Waals surface area contributed by atoms with E-state index < -0.39 is 24.2 Å². The lowest BCUT2D eigenvalue weighted by molar-refractivity contribution is -0.140. The first-order valence-corrected chi connectivity index (χ1v) is 7.71. The number of carbonyl (C=O) groups is 1. The van der Waals surface area contributed by atoms with E-state index in [2.05, 4.69) is 15.3 Å². The highest BCUT2D eigenvalue weighted by Gasteiger charge is 2.33. The van der Waals surface area contributed by atoms with Crippen LogP contribution >= 0.6 is 0 Å². The van der Waals surface area contributed by atoms with Crippen molar-refractivity contribution in [1.29, 1.82) is 0 Å². The topological polar surface area (TPSA) is 76.1 Å². The van der Waals surface area contributed by atoms with Gasteiger partial charge in [0, 0.05) is 11.8 Å². The van der Waals surface area contributed by atoms with Gasteiger partial charge in [0.15, 0.2) is 5.82 Å². The zero-order chi connectivity index (χ0) is 19.4. The molecule has 0 atom stereocenters. The minimum atomic E-state index is -4.47. The molecule has 1 amide bonds. The fraction of sp³-hybridized carbons (Fsp3) is 0.353. The molecule has 1 heterocycles. The molecule has 0 aliphatic rings. The molecule has 2 rings (SSSR count). The summed E-state index contributed by atoms with van der Waals surface area (Å²) in [6, 6.07) is 8.60. The molecule has 26 heavy (non-hydrogen) atoms. The Morgan fingerprint density at radius 2 is 1.81 bits per heavy atom. The van der Waals surface area contributed by atoms with Gasteiger partial charge < -0.3 is 15.4 Å². The molecule has 0 aliphatic heterocycles. The lowest BCUT2D eigenvalue weighted by Gasteiger charge is -2.26. The summed E-state index contributed by atoms with van der Waals surface area (Å²) < 4.78 is 41.9. The second-order valence-corrected chi connectivity index (χ2v) is 6.04. The number of amides is 1. The van der Waals surface area contributed by atoms with Gasteiger partial charge in [-0.15, -0.1) is 0 Å². The average Bonchev–Trinajstić information content (AvgIpc) is 2.59. The van der Waals surface area contributed by atoms with Crippen LogP contribution in [0.2, 0.25) is 0 Å². The highest BCUT2D eigenvalue weighted by molar-refractivity contribution is 5.88. The van der Waals surface area contributed by atoms with Crippen molar-refractivity contribution in [3.8, 4) is 17.1 Å². The molecule has 2 N–H and O–H groups in total. The molecule has 1 aromatic heterocycles. The quantitative estimate of drug-likeness (QED) is 0.820. The van der Waals surface area contributed by atoms with E-state index in [1.807, 2.05) is 5.32 Å². The molecule has 0 aliphatic carbocycles. The fourth-order valence-electron chi connectivity index (χ4n) is 2.09. The number of halogens is 3. The van der Waals surface area contributed by atoms with Gasteiger partial charge in [0.25, 0.3) is 0 Å². The van der Waals surface area contributed by atoms with Crippen LogP contribution in [0.3, 0.4) is 0 Å². The molecule has 6 nitrogen and oxygen atoms in total. The first-order valence-electron chi connectivity index (χ1n) is 7.71. The number of hydrogen-bond donors (Lipinski definition) is 2. The highest BCUT2D eigenvalue weighted by atomic mass is 19.4. The molecule has 1 aromatic carbocycles. The SMILES string of the molecule is COc1ccc(-c2nccc(NC(C)(C)C(=O)NCC(F)(F)F)n2)cc1. The fourth-order valence-corrected chi connectivity index (χ4v) is 2.09. The Balaban J connectivity index is 2.12. The third-order valence-electron chi connectivity index (χ3n) is 3.46. The summed E-state index contributed by atoms with van der Waals surface area (Å²) in [4.78, 5) is 20.5. The maximum absolute atomic E-state index is 12.3. The van der Waals surface area contributed by atoms with Crippen molar-refractivity contribution in [3.63, 3.8) is 0 Å². The van der Waals surface area contributed by atoms with Crippen molar-refractivity contribution < 1.29 is 22.7 Å². The molecule has 0 unspecified atom stereocenters. The van der Waals surface area contributed by atoms with Crippen LogP contribution in [0.1, 0.15) is 13.8 Å². The van der Waals surface area contributed by atoms with Gasteiger partial charge in [-0.1, -0.05) is 0 Å². The standard InChI is InChI=1S/C17H19F3N4O2/c1-16(2,15(25)22-10-17(18,19)20)24-13-8-9-21-14(23-13)11-4-6-12(26-3)7-5-11/h4-9H,10H2,1-3H3,(H,22,25)(H,21,23,24). The van der Waals surface area contributed by atoms with Crippen LogP contribution in [0.4, 0.5) is 19.0 Å². The lowest BCUT2D eigenvalue weighted by atomic mass is 10.0. The van der Waals surface area contributed by atoms with Gasteiger partial charge in [0.1, 0.15) is 23.7 Å². The summed E-state index contributed by atoms with van der Waals surface area (Å²) in [6.07, 6.45) is -2.97. The van der Waals surface area contributed by atoms with E-state index in [1.54, 1.807) is 31.4 Å². The molecule has 0 radical (unpaired) electrons. The number of benzene rings is 1. The Morgan fingerprint density at radius 3 is 2.38 bits per heavy atom. The Bertz CT molecular complexity index is 761. The second-order valence-electron chi connectivity index (χ2n) is 6.04. The van der Waals surface area contributed by atoms with Crippen LogP contribution < -0.4 is 15.4 Å². The molecule has 0 fully saturated rings. The first-order chi connectivity index (χ1) is 12.1. The predicted octanol–water partition coefficient (Wildman–Crippen LogP) is 3.02. The molecule has 0 saturated carbocycles. The largest absolute Gasteiger partial charge is 0.497 e. The molecule has 9 heteroatoms. The minimum absolute atomic E-state index is 0.318. The van der Waals surface area contributed by atoms with Crippen molar-refractivity contribution in [3.05, 3.63) is 36.5 Å². The van der Waals surface area contributed by atoms with Gasteiger partial charge in [-0.25, -0.2) is 9.97 Å². The van der Waals surface area contributed by atoms with Crippen LogP contribution in [-0.4, -0.2) is 41.2 Å².